The predicted octanol–water partition coefficient (Wildman–Crippen LogP) is 1.83. The van der Waals surface area contributed by atoms with Gasteiger partial charge < -0.3 is 10.6 Å². The average molecular weight is 336 g/mol. The van der Waals surface area contributed by atoms with Crippen molar-refractivity contribution in [3.63, 3.8) is 0 Å². The van der Waals surface area contributed by atoms with Gasteiger partial charge in [0.1, 0.15) is 12.1 Å². The number of fused-ring (bicyclic) bond motifs is 1. The molecule has 0 atom stereocenters. The molecule has 1 fully saturated rings. The molecule has 2 N–H and O–H groups in total. The molecule has 25 heavy (non-hydrogen) atoms. The standard InChI is InChI=1S/C18H20N6O/c1-12-3-2-4-14(9-12)24-18-15(10-22-24)17(20-11-21-18)23-7-5-13(6-8-23)16(19)25/h2-4,9-11,13H,5-8H2,1H3,(H2,19,25). The Balaban J connectivity index is 1.69. The minimum absolute atomic E-state index is 0.0383. The van der Waals surface area contributed by atoms with Gasteiger partial charge in [-0.2, -0.15) is 5.10 Å². The molecule has 1 saturated heterocycles. The predicted molar refractivity (Wildman–Crippen MR) is 95.5 cm³/mol. The third-order valence-electron chi connectivity index (χ3n) is 4.79. The Morgan fingerprint density at radius 2 is 2.04 bits per heavy atom. The topological polar surface area (TPSA) is 89.9 Å². The molecule has 1 aromatic carbocycles. The van der Waals surface area contributed by atoms with E-state index in [0.29, 0.717) is 0 Å². The van der Waals surface area contributed by atoms with E-state index in [1.165, 1.54) is 5.56 Å². The third kappa shape index (κ3) is 2.82. The fourth-order valence-electron chi connectivity index (χ4n) is 3.41. The molecule has 1 aliphatic heterocycles. The fraction of sp³-hybridized carbons (Fsp3) is 0.333. The molecule has 7 nitrogen and oxygen atoms in total. The largest absolute Gasteiger partial charge is 0.369 e. The van der Waals surface area contributed by atoms with Crippen LogP contribution in [0, 0.1) is 12.8 Å². The first-order valence-electron chi connectivity index (χ1n) is 8.43. The maximum Gasteiger partial charge on any atom is 0.220 e. The molecule has 0 saturated carbocycles. The zero-order valence-corrected chi connectivity index (χ0v) is 14.1. The van der Waals surface area contributed by atoms with Crippen molar-refractivity contribution in [1.29, 1.82) is 0 Å². The Labute approximate surface area is 145 Å². The lowest BCUT2D eigenvalue weighted by Gasteiger charge is -2.31. The van der Waals surface area contributed by atoms with E-state index < -0.39 is 0 Å². The second-order valence-corrected chi connectivity index (χ2v) is 6.49. The van der Waals surface area contributed by atoms with Crippen molar-refractivity contribution in [1.82, 2.24) is 19.7 Å². The molecular formula is C18H20N6O. The van der Waals surface area contributed by atoms with E-state index in [-0.39, 0.29) is 11.8 Å². The van der Waals surface area contributed by atoms with Gasteiger partial charge in [0.05, 0.1) is 17.3 Å². The van der Waals surface area contributed by atoms with Crippen molar-refractivity contribution in [3.05, 3.63) is 42.4 Å². The number of anilines is 1. The highest BCUT2D eigenvalue weighted by molar-refractivity contribution is 5.88. The Morgan fingerprint density at radius 1 is 1.24 bits per heavy atom. The van der Waals surface area contributed by atoms with Gasteiger partial charge in [0, 0.05) is 19.0 Å². The molecule has 1 aliphatic rings. The van der Waals surface area contributed by atoms with Gasteiger partial charge in [-0.25, -0.2) is 14.6 Å². The maximum absolute atomic E-state index is 11.4. The van der Waals surface area contributed by atoms with E-state index in [9.17, 15) is 4.79 Å². The van der Waals surface area contributed by atoms with Crippen molar-refractivity contribution >= 4 is 22.8 Å². The summed E-state index contributed by atoms with van der Waals surface area (Å²) < 4.78 is 1.84. The van der Waals surface area contributed by atoms with Gasteiger partial charge in [-0.15, -0.1) is 0 Å². The van der Waals surface area contributed by atoms with Crippen LogP contribution in [0.2, 0.25) is 0 Å². The Kier molecular flexibility index (Phi) is 3.83. The number of aromatic nitrogens is 4. The summed E-state index contributed by atoms with van der Waals surface area (Å²) in [4.78, 5) is 22.5. The lowest BCUT2D eigenvalue weighted by Crippen LogP contribution is -2.39. The molecule has 3 heterocycles. The molecule has 0 aliphatic carbocycles. The van der Waals surface area contributed by atoms with E-state index in [1.54, 1.807) is 6.33 Å². The van der Waals surface area contributed by atoms with Crippen LogP contribution in [0.5, 0.6) is 0 Å². The van der Waals surface area contributed by atoms with Crippen LogP contribution in [0.3, 0.4) is 0 Å². The van der Waals surface area contributed by atoms with Crippen molar-refractivity contribution < 1.29 is 4.79 Å². The van der Waals surface area contributed by atoms with Crippen molar-refractivity contribution in [3.8, 4) is 5.69 Å². The normalized spacial score (nSPS) is 15.6. The minimum Gasteiger partial charge on any atom is -0.369 e. The summed E-state index contributed by atoms with van der Waals surface area (Å²) in [7, 11) is 0. The second-order valence-electron chi connectivity index (χ2n) is 6.49. The van der Waals surface area contributed by atoms with Crippen LogP contribution < -0.4 is 10.6 Å². The number of primary amides is 1. The summed E-state index contributed by atoms with van der Waals surface area (Å²) in [5.74, 6) is 0.621. The second kappa shape index (κ2) is 6.16. The first-order chi connectivity index (χ1) is 12.1. The lowest BCUT2D eigenvalue weighted by molar-refractivity contribution is -0.122. The molecule has 1 amide bonds. The van der Waals surface area contributed by atoms with Crippen LogP contribution in [0.15, 0.2) is 36.8 Å². The number of nitrogens with two attached hydrogens (primary N) is 1. The van der Waals surface area contributed by atoms with Gasteiger partial charge in [0.15, 0.2) is 5.65 Å². The zero-order valence-electron chi connectivity index (χ0n) is 14.1. The SMILES string of the molecule is Cc1cccc(-n2ncc3c(N4CCC(C(N)=O)CC4)ncnc32)c1. The summed E-state index contributed by atoms with van der Waals surface area (Å²) in [6.45, 7) is 3.57. The zero-order chi connectivity index (χ0) is 17.4. The van der Waals surface area contributed by atoms with Crippen molar-refractivity contribution in [2.24, 2.45) is 11.7 Å². The van der Waals surface area contributed by atoms with Crippen LogP contribution in [-0.2, 0) is 4.79 Å². The highest BCUT2D eigenvalue weighted by Crippen LogP contribution is 2.28. The highest BCUT2D eigenvalue weighted by atomic mass is 16.1. The molecule has 128 valence electrons. The van der Waals surface area contributed by atoms with E-state index in [0.717, 1.165) is 48.5 Å². The van der Waals surface area contributed by atoms with Gasteiger partial charge >= 0.3 is 0 Å². The van der Waals surface area contributed by atoms with Gasteiger partial charge in [-0.1, -0.05) is 12.1 Å². The van der Waals surface area contributed by atoms with Crippen molar-refractivity contribution in [2.45, 2.75) is 19.8 Å². The summed E-state index contributed by atoms with van der Waals surface area (Å²) in [5.41, 5.74) is 8.36. The smallest absolute Gasteiger partial charge is 0.220 e. The maximum atomic E-state index is 11.4. The van der Waals surface area contributed by atoms with Gasteiger partial charge in [-0.3, -0.25) is 4.79 Å². The van der Waals surface area contributed by atoms with Crippen molar-refractivity contribution in [2.75, 3.05) is 18.0 Å². The molecule has 2 aromatic heterocycles. The highest BCUT2D eigenvalue weighted by Gasteiger charge is 2.25. The quantitative estimate of drug-likeness (QED) is 0.788. The number of hydrogen-bond donors (Lipinski definition) is 1. The Morgan fingerprint density at radius 3 is 2.76 bits per heavy atom. The van der Waals surface area contributed by atoms with E-state index in [1.807, 2.05) is 23.0 Å². The summed E-state index contributed by atoms with van der Waals surface area (Å²) >= 11 is 0. The fourth-order valence-corrected chi connectivity index (χ4v) is 3.41. The van der Waals surface area contributed by atoms with Gasteiger partial charge in [-0.05, 0) is 37.5 Å². The lowest BCUT2D eigenvalue weighted by atomic mass is 9.96. The van der Waals surface area contributed by atoms with Crippen LogP contribution in [0.4, 0.5) is 5.82 Å². The number of rotatable bonds is 3. The van der Waals surface area contributed by atoms with E-state index in [4.69, 9.17) is 5.73 Å². The number of carbonyl (C=O) groups is 1. The Bertz CT molecular complexity index is 926. The van der Waals surface area contributed by atoms with Crippen LogP contribution in [0.25, 0.3) is 16.7 Å². The summed E-state index contributed by atoms with van der Waals surface area (Å²) in [6.07, 6.45) is 4.90. The third-order valence-corrected chi connectivity index (χ3v) is 4.79. The van der Waals surface area contributed by atoms with Gasteiger partial charge in [0.2, 0.25) is 5.91 Å². The molecule has 0 bridgehead atoms. The number of benzene rings is 1. The molecule has 4 rings (SSSR count). The van der Waals surface area contributed by atoms with Crippen LogP contribution >= 0.6 is 0 Å². The number of carbonyl (C=O) groups excluding carboxylic acids is 1. The van der Waals surface area contributed by atoms with Crippen LogP contribution in [0.1, 0.15) is 18.4 Å². The Hall–Kier alpha value is -2.96. The first kappa shape index (κ1) is 15.6. The first-order valence-corrected chi connectivity index (χ1v) is 8.43. The monoisotopic (exact) mass is 336 g/mol. The van der Waals surface area contributed by atoms with E-state index >= 15 is 0 Å². The number of amides is 1. The van der Waals surface area contributed by atoms with Gasteiger partial charge in [0.25, 0.3) is 0 Å². The average Bonchev–Trinajstić information content (AvgIpc) is 3.06. The summed E-state index contributed by atoms with van der Waals surface area (Å²) in [5, 5.41) is 5.44. The number of piperidine rings is 1. The summed E-state index contributed by atoms with van der Waals surface area (Å²) in [6, 6.07) is 8.15. The molecule has 0 spiro atoms. The number of hydrogen-bond acceptors (Lipinski definition) is 5. The molecule has 0 radical (unpaired) electrons. The number of nitrogens with zero attached hydrogens (tertiary/aromatic N) is 5. The minimum atomic E-state index is -0.209. The molecule has 0 unspecified atom stereocenters. The van der Waals surface area contributed by atoms with Crippen LogP contribution in [-0.4, -0.2) is 38.7 Å². The molecule has 7 heteroatoms. The molecular weight excluding hydrogens is 316 g/mol. The van der Waals surface area contributed by atoms with E-state index in [2.05, 4.69) is 39.0 Å². The number of aryl methyl sites for hydroxylation is 1. The molecule has 3 aromatic rings.